The molecule has 2 rings (SSSR count). The van der Waals surface area contributed by atoms with Gasteiger partial charge in [0.2, 0.25) is 0 Å². The van der Waals surface area contributed by atoms with Crippen molar-refractivity contribution in [1.29, 1.82) is 0 Å². The van der Waals surface area contributed by atoms with Gasteiger partial charge in [-0.3, -0.25) is 4.90 Å². The van der Waals surface area contributed by atoms with Gasteiger partial charge in [-0.25, -0.2) is 0 Å². The summed E-state index contributed by atoms with van der Waals surface area (Å²) in [6.07, 6.45) is 10.2. The molecule has 2 aliphatic rings. The van der Waals surface area contributed by atoms with Gasteiger partial charge in [0.15, 0.2) is 0 Å². The van der Waals surface area contributed by atoms with Gasteiger partial charge in [0.25, 0.3) is 0 Å². The first-order chi connectivity index (χ1) is 9.34. The van der Waals surface area contributed by atoms with Crippen LogP contribution >= 0.6 is 0 Å². The van der Waals surface area contributed by atoms with Gasteiger partial charge in [-0.2, -0.15) is 0 Å². The molecule has 112 valence electrons. The second kappa shape index (κ2) is 8.93. The molecule has 1 atom stereocenters. The third-order valence-electron chi connectivity index (χ3n) is 4.64. The van der Waals surface area contributed by atoms with Crippen molar-refractivity contribution in [3.8, 4) is 0 Å². The van der Waals surface area contributed by atoms with E-state index in [4.69, 9.17) is 4.74 Å². The van der Waals surface area contributed by atoms with E-state index < -0.39 is 0 Å². The molecule has 2 fully saturated rings. The Morgan fingerprint density at radius 1 is 1.16 bits per heavy atom. The van der Waals surface area contributed by atoms with Crippen molar-refractivity contribution in [3.63, 3.8) is 0 Å². The summed E-state index contributed by atoms with van der Waals surface area (Å²) >= 11 is 0. The molecule has 0 aromatic heterocycles. The maximum absolute atomic E-state index is 5.38. The Bertz CT molecular complexity index is 223. The van der Waals surface area contributed by atoms with Crippen LogP contribution in [0.4, 0.5) is 0 Å². The molecule has 0 spiro atoms. The van der Waals surface area contributed by atoms with E-state index in [1.165, 1.54) is 58.0 Å². The molecule has 1 N–H and O–H groups in total. The van der Waals surface area contributed by atoms with Gasteiger partial charge in [-0.05, 0) is 32.2 Å². The summed E-state index contributed by atoms with van der Waals surface area (Å²) in [5, 5.41) is 3.69. The highest BCUT2D eigenvalue weighted by Crippen LogP contribution is 2.26. The molecule has 19 heavy (non-hydrogen) atoms. The molecule has 0 aromatic rings. The van der Waals surface area contributed by atoms with Crippen molar-refractivity contribution >= 4 is 0 Å². The Balaban J connectivity index is 1.47. The lowest BCUT2D eigenvalue weighted by Crippen LogP contribution is -2.44. The highest BCUT2D eigenvalue weighted by atomic mass is 16.5. The van der Waals surface area contributed by atoms with Gasteiger partial charge in [-0.15, -0.1) is 0 Å². The first-order valence-corrected chi connectivity index (χ1v) is 8.38. The van der Waals surface area contributed by atoms with E-state index >= 15 is 0 Å². The van der Waals surface area contributed by atoms with E-state index in [0.717, 1.165) is 32.2 Å². The van der Waals surface area contributed by atoms with Gasteiger partial charge in [0, 0.05) is 25.7 Å². The van der Waals surface area contributed by atoms with Crippen LogP contribution in [-0.4, -0.2) is 50.3 Å². The average Bonchev–Trinajstić information content (AvgIpc) is 2.46. The Morgan fingerprint density at radius 2 is 1.89 bits per heavy atom. The summed E-state index contributed by atoms with van der Waals surface area (Å²) in [5.41, 5.74) is 0. The van der Waals surface area contributed by atoms with E-state index in [0.29, 0.717) is 6.04 Å². The first kappa shape index (κ1) is 15.3. The smallest absolute Gasteiger partial charge is 0.0594 e. The van der Waals surface area contributed by atoms with Crippen LogP contribution in [0.3, 0.4) is 0 Å². The molecule has 1 unspecified atom stereocenters. The number of nitrogens with zero attached hydrogens (tertiary/aromatic N) is 1. The zero-order chi connectivity index (χ0) is 13.3. The Hall–Kier alpha value is -0.120. The average molecular weight is 268 g/mol. The topological polar surface area (TPSA) is 24.5 Å². The largest absolute Gasteiger partial charge is 0.379 e. The fourth-order valence-electron chi connectivity index (χ4n) is 3.45. The minimum Gasteiger partial charge on any atom is -0.379 e. The van der Waals surface area contributed by atoms with Gasteiger partial charge < -0.3 is 10.1 Å². The number of hydrogen-bond donors (Lipinski definition) is 1. The van der Waals surface area contributed by atoms with E-state index in [1.54, 1.807) is 0 Å². The molecule has 1 saturated heterocycles. The summed E-state index contributed by atoms with van der Waals surface area (Å²) < 4.78 is 5.38. The molecule has 1 aliphatic heterocycles. The lowest BCUT2D eigenvalue weighted by Gasteiger charge is -2.29. The lowest BCUT2D eigenvalue weighted by molar-refractivity contribution is 0.0344. The maximum Gasteiger partial charge on any atom is 0.0594 e. The molecular formula is C16H32N2O. The van der Waals surface area contributed by atoms with Crippen LogP contribution in [0, 0.1) is 5.92 Å². The summed E-state index contributed by atoms with van der Waals surface area (Å²) in [6.45, 7) is 8.72. The van der Waals surface area contributed by atoms with Crippen molar-refractivity contribution in [1.82, 2.24) is 10.2 Å². The summed E-state index contributed by atoms with van der Waals surface area (Å²) in [7, 11) is 0. The quantitative estimate of drug-likeness (QED) is 0.718. The SMILES string of the molecule is CC(CN1CCOCC1)NCCCC1CCCCC1. The molecule has 1 saturated carbocycles. The summed E-state index contributed by atoms with van der Waals surface area (Å²) in [6, 6.07) is 0.615. The van der Waals surface area contributed by atoms with Gasteiger partial charge in [0.1, 0.15) is 0 Å². The van der Waals surface area contributed by atoms with Crippen molar-refractivity contribution in [2.45, 2.75) is 57.9 Å². The monoisotopic (exact) mass is 268 g/mol. The lowest BCUT2D eigenvalue weighted by atomic mass is 9.86. The molecule has 0 aromatic carbocycles. The third kappa shape index (κ3) is 6.24. The number of nitrogens with one attached hydrogen (secondary N) is 1. The van der Waals surface area contributed by atoms with Crippen LogP contribution in [0.25, 0.3) is 0 Å². The fraction of sp³-hybridized carbons (Fsp3) is 1.00. The molecular weight excluding hydrogens is 236 g/mol. The Kier molecular flexibility index (Phi) is 7.18. The predicted octanol–water partition coefficient (Wildman–Crippen LogP) is 2.66. The highest BCUT2D eigenvalue weighted by molar-refractivity contribution is 4.71. The fourth-order valence-corrected chi connectivity index (χ4v) is 3.45. The number of rotatable bonds is 7. The first-order valence-electron chi connectivity index (χ1n) is 8.38. The minimum absolute atomic E-state index is 0.615. The molecule has 1 aliphatic carbocycles. The number of morpholine rings is 1. The molecule has 3 nitrogen and oxygen atoms in total. The molecule has 0 radical (unpaired) electrons. The summed E-state index contributed by atoms with van der Waals surface area (Å²) in [5.74, 6) is 1.03. The molecule has 0 bridgehead atoms. The third-order valence-corrected chi connectivity index (χ3v) is 4.64. The van der Waals surface area contributed by atoms with E-state index in [-0.39, 0.29) is 0 Å². The second-order valence-electron chi connectivity index (χ2n) is 6.41. The number of ether oxygens (including phenoxy) is 1. The maximum atomic E-state index is 5.38. The molecule has 0 amide bonds. The number of hydrogen-bond acceptors (Lipinski definition) is 3. The van der Waals surface area contributed by atoms with Gasteiger partial charge >= 0.3 is 0 Å². The Labute approximate surface area is 119 Å². The van der Waals surface area contributed by atoms with Crippen LogP contribution in [0.15, 0.2) is 0 Å². The zero-order valence-corrected chi connectivity index (χ0v) is 12.7. The standard InChI is InChI=1S/C16H32N2O/c1-15(14-18-10-12-19-13-11-18)17-9-5-8-16-6-3-2-4-7-16/h15-17H,2-14H2,1H3. The van der Waals surface area contributed by atoms with E-state index in [2.05, 4.69) is 17.1 Å². The molecule has 3 heteroatoms. The van der Waals surface area contributed by atoms with E-state index in [9.17, 15) is 0 Å². The normalized spacial score (nSPS) is 24.5. The van der Waals surface area contributed by atoms with Crippen LogP contribution in [0.2, 0.25) is 0 Å². The van der Waals surface area contributed by atoms with Crippen LogP contribution in [0.5, 0.6) is 0 Å². The van der Waals surface area contributed by atoms with Crippen molar-refractivity contribution in [2.24, 2.45) is 5.92 Å². The van der Waals surface area contributed by atoms with E-state index in [1.807, 2.05) is 0 Å². The van der Waals surface area contributed by atoms with Crippen molar-refractivity contribution in [3.05, 3.63) is 0 Å². The zero-order valence-electron chi connectivity index (χ0n) is 12.7. The van der Waals surface area contributed by atoms with Crippen molar-refractivity contribution in [2.75, 3.05) is 39.4 Å². The second-order valence-corrected chi connectivity index (χ2v) is 6.41. The Morgan fingerprint density at radius 3 is 2.63 bits per heavy atom. The minimum atomic E-state index is 0.615. The van der Waals surface area contributed by atoms with Gasteiger partial charge in [-0.1, -0.05) is 32.1 Å². The molecule has 1 heterocycles. The highest BCUT2D eigenvalue weighted by Gasteiger charge is 2.14. The van der Waals surface area contributed by atoms with Crippen LogP contribution in [-0.2, 0) is 4.74 Å². The van der Waals surface area contributed by atoms with Crippen molar-refractivity contribution < 1.29 is 4.74 Å². The predicted molar refractivity (Wildman–Crippen MR) is 80.5 cm³/mol. The van der Waals surface area contributed by atoms with Crippen LogP contribution < -0.4 is 5.32 Å². The summed E-state index contributed by atoms with van der Waals surface area (Å²) in [4.78, 5) is 2.52. The van der Waals surface area contributed by atoms with Gasteiger partial charge in [0.05, 0.1) is 13.2 Å². The van der Waals surface area contributed by atoms with Crippen LogP contribution in [0.1, 0.15) is 51.9 Å².